The molecular formula is C23H28N4O2. The summed E-state index contributed by atoms with van der Waals surface area (Å²) in [5.74, 6) is 0.723. The Labute approximate surface area is 171 Å². The van der Waals surface area contributed by atoms with E-state index in [1.165, 1.54) is 11.3 Å². The lowest BCUT2D eigenvalue weighted by molar-refractivity contribution is 0.0767. The van der Waals surface area contributed by atoms with Crippen LogP contribution >= 0.6 is 0 Å². The molecule has 0 saturated heterocycles. The summed E-state index contributed by atoms with van der Waals surface area (Å²) in [6.45, 7) is 4.13. The van der Waals surface area contributed by atoms with Crippen LogP contribution in [0, 0.1) is 0 Å². The number of benzene rings is 1. The monoisotopic (exact) mass is 392 g/mol. The Kier molecular flexibility index (Phi) is 5.81. The Hall–Kier alpha value is -2.86. The maximum Gasteiger partial charge on any atom is 0.274 e. The van der Waals surface area contributed by atoms with Crippen LogP contribution in [0.25, 0.3) is 0 Å². The van der Waals surface area contributed by atoms with Crippen LogP contribution in [0.4, 0.5) is 0 Å². The number of hydrogen-bond donors (Lipinski definition) is 1. The average molecular weight is 393 g/mol. The Morgan fingerprint density at radius 3 is 2.83 bits per heavy atom. The van der Waals surface area contributed by atoms with Gasteiger partial charge in [-0.1, -0.05) is 30.3 Å². The molecule has 1 amide bonds. The molecule has 1 aromatic carbocycles. The van der Waals surface area contributed by atoms with Crippen molar-refractivity contribution in [2.45, 2.75) is 51.9 Å². The molecule has 2 heterocycles. The van der Waals surface area contributed by atoms with Gasteiger partial charge in [-0.3, -0.25) is 9.48 Å². The van der Waals surface area contributed by atoms with Gasteiger partial charge in [-0.15, -0.1) is 0 Å². The van der Waals surface area contributed by atoms with Crippen LogP contribution in [0.15, 0.2) is 53.1 Å². The van der Waals surface area contributed by atoms with Crippen molar-refractivity contribution in [1.29, 1.82) is 0 Å². The van der Waals surface area contributed by atoms with Crippen molar-refractivity contribution in [1.82, 2.24) is 20.0 Å². The van der Waals surface area contributed by atoms with Crippen LogP contribution in [-0.2, 0) is 32.5 Å². The van der Waals surface area contributed by atoms with Gasteiger partial charge in [0.2, 0.25) is 0 Å². The number of aromatic nitrogens is 2. The number of amides is 1. The molecule has 0 radical (unpaired) electrons. The van der Waals surface area contributed by atoms with Crippen LogP contribution in [0.5, 0.6) is 0 Å². The van der Waals surface area contributed by atoms with Gasteiger partial charge in [0.15, 0.2) is 5.69 Å². The number of carbonyl (C=O) groups is 1. The van der Waals surface area contributed by atoms with Gasteiger partial charge < -0.3 is 14.6 Å². The molecule has 4 rings (SSSR count). The normalized spacial score (nSPS) is 15.9. The van der Waals surface area contributed by atoms with Gasteiger partial charge in [0.1, 0.15) is 5.76 Å². The van der Waals surface area contributed by atoms with E-state index < -0.39 is 0 Å². The third kappa shape index (κ3) is 4.27. The van der Waals surface area contributed by atoms with Crippen molar-refractivity contribution in [3.05, 3.63) is 77.0 Å². The van der Waals surface area contributed by atoms with Gasteiger partial charge >= 0.3 is 0 Å². The molecule has 0 aliphatic heterocycles. The number of nitrogens with one attached hydrogen (secondary N) is 1. The highest BCUT2D eigenvalue weighted by Crippen LogP contribution is 2.26. The van der Waals surface area contributed by atoms with Gasteiger partial charge in [-0.05, 0) is 43.9 Å². The minimum absolute atomic E-state index is 0.0476. The van der Waals surface area contributed by atoms with E-state index in [1.54, 1.807) is 18.2 Å². The second-order valence-electron chi connectivity index (χ2n) is 7.64. The Balaban J connectivity index is 1.49. The molecule has 29 heavy (non-hydrogen) atoms. The van der Waals surface area contributed by atoms with Gasteiger partial charge in [0, 0.05) is 37.4 Å². The second kappa shape index (κ2) is 8.66. The number of nitrogens with zero attached hydrogens (tertiary/aromatic N) is 3. The summed E-state index contributed by atoms with van der Waals surface area (Å²) in [5.41, 5.74) is 4.17. The maximum absolute atomic E-state index is 13.1. The number of fused-ring (bicyclic) bond motifs is 1. The van der Waals surface area contributed by atoms with Crippen LogP contribution in [0.3, 0.4) is 0 Å². The summed E-state index contributed by atoms with van der Waals surface area (Å²) >= 11 is 0. The predicted molar refractivity (Wildman–Crippen MR) is 112 cm³/mol. The summed E-state index contributed by atoms with van der Waals surface area (Å²) in [6.07, 6.45) is 4.46. The molecule has 1 atom stereocenters. The van der Waals surface area contributed by atoms with Crippen LogP contribution in [0.2, 0.25) is 0 Å². The Morgan fingerprint density at radius 2 is 2.10 bits per heavy atom. The summed E-state index contributed by atoms with van der Waals surface area (Å²) in [4.78, 5) is 14.8. The van der Waals surface area contributed by atoms with Gasteiger partial charge in [-0.2, -0.15) is 5.10 Å². The third-order valence-electron chi connectivity index (χ3n) is 5.61. The van der Waals surface area contributed by atoms with E-state index in [0.717, 1.165) is 43.7 Å². The fraction of sp³-hybridized carbons (Fsp3) is 0.391. The molecule has 0 bridgehead atoms. The molecule has 0 unspecified atom stereocenters. The average Bonchev–Trinajstić information content (AvgIpc) is 3.39. The molecule has 1 N–H and O–H groups in total. The summed E-state index contributed by atoms with van der Waals surface area (Å²) in [5, 5.41) is 8.34. The zero-order valence-electron chi connectivity index (χ0n) is 17.1. The lowest BCUT2D eigenvalue weighted by atomic mass is 9.91. The number of furan rings is 1. The number of carbonyl (C=O) groups excluding carboxylic acids is 1. The molecule has 3 aromatic rings. The first kappa shape index (κ1) is 19.5. The van der Waals surface area contributed by atoms with Gasteiger partial charge in [0.05, 0.1) is 12.8 Å². The van der Waals surface area contributed by atoms with Crippen molar-refractivity contribution in [3.63, 3.8) is 0 Å². The molecule has 152 valence electrons. The molecule has 0 fully saturated rings. The minimum atomic E-state index is -0.0476. The first-order valence-corrected chi connectivity index (χ1v) is 10.3. The Bertz CT molecular complexity index is 947. The Morgan fingerprint density at radius 1 is 1.28 bits per heavy atom. The molecule has 6 heteroatoms. The molecule has 0 spiro atoms. The van der Waals surface area contributed by atoms with Crippen molar-refractivity contribution in [2.24, 2.45) is 0 Å². The van der Waals surface area contributed by atoms with Crippen LogP contribution in [0.1, 0.15) is 46.4 Å². The van der Waals surface area contributed by atoms with Crippen LogP contribution < -0.4 is 5.32 Å². The van der Waals surface area contributed by atoms with Gasteiger partial charge in [0.25, 0.3) is 5.91 Å². The predicted octanol–water partition coefficient (Wildman–Crippen LogP) is 3.42. The number of aryl methyl sites for hydroxylation is 1. The van der Waals surface area contributed by atoms with E-state index in [4.69, 9.17) is 4.42 Å². The lowest BCUT2D eigenvalue weighted by Crippen LogP contribution is -2.35. The van der Waals surface area contributed by atoms with Gasteiger partial charge in [-0.25, -0.2) is 0 Å². The first-order chi connectivity index (χ1) is 14.2. The number of hydrogen-bond acceptors (Lipinski definition) is 4. The molecule has 1 aliphatic carbocycles. The SMILES string of the molecule is CCn1nc(C(=O)N(C)Cc2ccco2)c2c1CC[C@@H](NCc1ccccc1)C2. The highest BCUT2D eigenvalue weighted by Gasteiger charge is 2.30. The standard InChI is InChI=1S/C23H28N4O2/c1-3-27-21-12-11-18(24-15-17-8-5-4-6-9-17)14-20(21)22(25-27)23(28)26(2)16-19-10-7-13-29-19/h4-10,13,18,24H,3,11-12,14-16H2,1-2H3/t18-/m1/s1. The van der Waals surface area contributed by atoms with E-state index in [1.807, 2.05) is 22.9 Å². The fourth-order valence-electron chi connectivity index (χ4n) is 4.04. The summed E-state index contributed by atoms with van der Waals surface area (Å²) in [7, 11) is 1.80. The third-order valence-corrected chi connectivity index (χ3v) is 5.61. The zero-order valence-corrected chi connectivity index (χ0v) is 17.1. The van der Waals surface area contributed by atoms with Crippen molar-refractivity contribution in [2.75, 3.05) is 7.05 Å². The molecule has 6 nitrogen and oxygen atoms in total. The van der Waals surface area contributed by atoms with E-state index in [-0.39, 0.29) is 5.91 Å². The van der Waals surface area contributed by atoms with Crippen molar-refractivity contribution < 1.29 is 9.21 Å². The van der Waals surface area contributed by atoms with E-state index in [9.17, 15) is 4.79 Å². The lowest BCUT2D eigenvalue weighted by Gasteiger charge is -2.25. The summed E-state index contributed by atoms with van der Waals surface area (Å²) < 4.78 is 7.39. The highest BCUT2D eigenvalue weighted by atomic mass is 16.3. The molecular weight excluding hydrogens is 364 g/mol. The largest absolute Gasteiger partial charge is 0.467 e. The summed E-state index contributed by atoms with van der Waals surface area (Å²) in [6, 6.07) is 14.5. The fourth-order valence-corrected chi connectivity index (χ4v) is 4.04. The molecule has 1 aliphatic rings. The topological polar surface area (TPSA) is 63.3 Å². The van der Waals surface area contributed by atoms with E-state index in [0.29, 0.717) is 18.3 Å². The molecule has 0 saturated carbocycles. The quantitative estimate of drug-likeness (QED) is 0.669. The number of rotatable bonds is 7. The smallest absolute Gasteiger partial charge is 0.274 e. The van der Waals surface area contributed by atoms with E-state index >= 15 is 0 Å². The maximum atomic E-state index is 13.1. The minimum Gasteiger partial charge on any atom is -0.467 e. The van der Waals surface area contributed by atoms with Crippen molar-refractivity contribution >= 4 is 5.91 Å². The van der Waals surface area contributed by atoms with Crippen LogP contribution in [-0.4, -0.2) is 33.7 Å². The van der Waals surface area contributed by atoms with E-state index in [2.05, 4.69) is 41.6 Å². The highest BCUT2D eigenvalue weighted by molar-refractivity contribution is 5.94. The molecule has 2 aromatic heterocycles. The first-order valence-electron chi connectivity index (χ1n) is 10.3. The van der Waals surface area contributed by atoms with Crippen molar-refractivity contribution in [3.8, 4) is 0 Å². The second-order valence-corrected chi connectivity index (χ2v) is 7.64. The zero-order chi connectivity index (χ0) is 20.2.